The lowest BCUT2D eigenvalue weighted by Crippen LogP contribution is -2.30. The molecule has 1 atom stereocenters. The highest BCUT2D eigenvalue weighted by Gasteiger charge is 2.42. The van der Waals surface area contributed by atoms with Gasteiger partial charge in [-0.2, -0.15) is 0 Å². The molecule has 31 heavy (non-hydrogen) atoms. The Morgan fingerprint density at radius 2 is 1.71 bits per heavy atom. The Labute approximate surface area is 182 Å². The van der Waals surface area contributed by atoms with Gasteiger partial charge in [0.05, 0.1) is 23.6 Å². The van der Waals surface area contributed by atoms with Gasteiger partial charge >= 0.3 is 0 Å². The molecule has 0 saturated carbocycles. The van der Waals surface area contributed by atoms with Gasteiger partial charge in [0.2, 0.25) is 5.76 Å². The second-order valence-electron chi connectivity index (χ2n) is 8.05. The number of unbranched alkanes of at least 4 members (excludes halogenated alkanes) is 3. The van der Waals surface area contributed by atoms with Crippen LogP contribution in [-0.2, 0) is 0 Å². The molecule has 5 heteroatoms. The first kappa shape index (κ1) is 21.2. The summed E-state index contributed by atoms with van der Waals surface area (Å²) in [5.41, 5.74) is 1.64. The van der Waals surface area contributed by atoms with E-state index in [-0.39, 0.29) is 17.1 Å². The van der Waals surface area contributed by atoms with Crippen LogP contribution in [0.1, 0.15) is 73.7 Å². The van der Waals surface area contributed by atoms with Crippen LogP contribution >= 0.6 is 0 Å². The molecule has 0 saturated heterocycles. The Morgan fingerprint density at radius 3 is 2.45 bits per heavy atom. The molecule has 0 spiro atoms. The van der Waals surface area contributed by atoms with Crippen molar-refractivity contribution in [2.24, 2.45) is 0 Å². The van der Waals surface area contributed by atoms with E-state index in [1.165, 1.54) is 19.3 Å². The van der Waals surface area contributed by atoms with Crippen LogP contribution in [0.2, 0.25) is 0 Å². The number of rotatable bonds is 9. The highest BCUT2D eigenvalue weighted by molar-refractivity contribution is 5.99. The quantitative estimate of drug-likeness (QED) is 0.417. The van der Waals surface area contributed by atoms with Crippen LogP contribution in [0.25, 0.3) is 11.0 Å². The largest absolute Gasteiger partial charge is 0.494 e. The first-order chi connectivity index (χ1) is 15.2. The van der Waals surface area contributed by atoms with Gasteiger partial charge in [-0.1, -0.05) is 57.4 Å². The lowest BCUT2D eigenvalue weighted by Gasteiger charge is -2.24. The summed E-state index contributed by atoms with van der Waals surface area (Å²) in [5.74, 6) is 0.747. The SMILES string of the molecule is CCCCCCOc1ccc([C@H]2c3c(oc4ccccc4c3=O)C(=O)N2CCC)cc1. The van der Waals surface area contributed by atoms with E-state index in [0.29, 0.717) is 29.7 Å². The van der Waals surface area contributed by atoms with Gasteiger partial charge in [0, 0.05) is 6.54 Å². The number of para-hydroxylation sites is 1. The van der Waals surface area contributed by atoms with Gasteiger partial charge < -0.3 is 14.1 Å². The Balaban J connectivity index is 1.66. The predicted molar refractivity (Wildman–Crippen MR) is 122 cm³/mol. The Hall–Kier alpha value is -3.08. The molecule has 0 fully saturated rings. The minimum atomic E-state index is -0.443. The summed E-state index contributed by atoms with van der Waals surface area (Å²) in [7, 11) is 0. The number of ether oxygens (including phenoxy) is 1. The van der Waals surface area contributed by atoms with Gasteiger partial charge in [-0.15, -0.1) is 0 Å². The molecule has 0 N–H and O–H groups in total. The number of fused-ring (bicyclic) bond motifs is 2. The number of hydrogen-bond donors (Lipinski definition) is 0. The van der Waals surface area contributed by atoms with Crippen LogP contribution in [0.5, 0.6) is 5.75 Å². The highest BCUT2D eigenvalue weighted by Crippen LogP contribution is 2.38. The molecule has 4 rings (SSSR count). The van der Waals surface area contributed by atoms with E-state index in [9.17, 15) is 9.59 Å². The van der Waals surface area contributed by atoms with Crippen molar-refractivity contribution < 1.29 is 13.9 Å². The second kappa shape index (κ2) is 9.38. The third-order valence-corrected chi connectivity index (χ3v) is 5.80. The molecule has 162 valence electrons. The van der Waals surface area contributed by atoms with Crippen molar-refractivity contribution in [3.8, 4) is 5.75 Å². The van der Waals surface area contributed by atoms with E-state index in [2.05, 4.69) is 6.92 Å². The average molecular weight is 420 g/mol. The Kier molecular flexibility index (Phi) is 6.40. The zero-order chi connectivity index (χ0) is 21.8. The van der Waals surface area contributed by atoms with Crippen molar-refractivity contribution in [1.29, 1.82) is 0 Å². The maximum absolute atomic E-state index is 13.3. The lowest BCUT2D eigenvalue weighted by molar-refractivity contribution is 0.0728. The summed E-state index contributed by atoms with van der Waals surface area (Å²) in [6.07, 6.45) is 5.43. The maximum atomic E-state index is 13.3. The first-order valence-corrected chi connectivity index (χ1v) is 11.2. The van der Waals surface area contributed by atoms with E-state index in [1.54, 1.807) is 23.1 Å². The topological polar surface area (TPSA) is 59.8 Å². The van der Waals surface area contributed by atoms with Crippen LogP contribution in [0.4, 0.5) is 0 Å². The number of benzene rings is 2. The number of carbonyl (C=O) groups excluding carboxylic acids is 1. The predicted octanol–water partition coefficient (Wildman–Crippen LogP) is 5.71. The molecule has 1 aliphatic heterocycles. The Morgan fingerprint density at radius 1 is 0.935 bits per heavy atom. The monoisotopic (exact) mass is 419 g/mol. The fraction of sp³-hybridized carbons (Fsp3) is 0.385. The van der Waals surface area contributed by atoms with Crippen LogP contribution in [-0.4, -0.2) is 24.0 Å². The molecule has 0 unspecified atom stereocenters. The molecule has 3 aromatic rings. The summed E-state index contributed by atoms with van der Waals surface area (Å²) in [5, 5.41) is 0.504. The van der Waals surface area contributed by atoms with Crippen molar-refractivity contribution in [2.75, 3.05) is 13.2 Å². The summed E-state index contributed by atoms with van der Waals surface area (Å²) < 4.78 is 11.8. The molecule has 1 amide bonds. The smallest absolute Gasteiger partial charge is 0.290 e. The fourth-order valence-electron chi connectivity index (χ4n) is 4.25. The summed E-state index contributed by atoms with van der Waals surface area (Å²) >= 11 is 0. The van der Waals surface area contributed by atoms with Gasteiger partial charge in [0.1, 0.15) is 11.3 Å². The van der Waals surface area contributed by atoms with Crippen molar-refractivity contribution >= 4 is 16.9 Å². The summed E-state index contributed by atoms with van der Waals surface area (Å²) in [6.45, 7) is 5.46. The number of hydrogen-bond acceptors (Lipinski definition) is 4. The molecule has 0 bridgehead atoms. The van der Waals surface area contributed by atoms with E-state index in [4.69, 9.17) is 9.15 Å². The summed E-state index contributed by atoms with van der Waals surface area (Å²) in [6, 6.07) is 14.4. The van der Waals surface area contributed by atoms with Crippen LogP contribution < -0.4 is 10.2 Å². The number of nitrogens with zero attached hydrogens (tertiary/aromatic N) is 1. The third-order valence-electron chi connectivity index (χ3n) is 5.80. The van der Waals surface area contributed by atoms with E-state index in [1.807, 2.05) is 37.3 Å². The van der Waals surface area contributed by atoms with Gasteiger partial charge in [-0.05, 0) is 42.7 Å². The average Bonchev–Trinajstić information content (AvgIpc) is 3.07. The molecular weight excluding hydrogens is 390 g/mol. The molecule has 2 aromatic carbocycles. The number of amides is 1. The fourth-order valence-corrected chi connectivity index (χ4v) is 4.25. The number of carbonyl (C=O) groups is 1. The van der Waals surface area contributed by atoms with Crippen LogP contribution in [0, 0.1) is 0 Å². The second-order valence-corrected chi connectivity index (χ2v) is 8.05. The zero-order valence-corrected chi connectivity index (χ0v) is 18.2. The molecular formula is C26H29NO4. The maximum Gasteiger partial charge on any atom is 0.290 e. The standard InChI is InChI=1S/C26H29NO4/c1-3-5-6-9-17-30-19-14-12-18(13-15-19)23-22-24(28)20-10-7-8-11-21(20)31-25(22)26(29)27(23)16-4-2/h7-8,10-15,23H,3-6,9,16-17H2,1-2H3/t23-/m0/s1. The van der Waals surface area contributed by atoms with Gasteiger partial charge in [-0.25, -0.2) is 0 Å². The van der Waals surface area contributed by atoms with Crippen molar-refractivity contribution in [3.05, 3.63) is 75.6 Å². The van der Waals surface area contributed by atoms with E-state index in [0.717, 1.165) is 24.2 Å². The summed E-state index contributed by atoms with van der Waals surface area (Å²) in [4.78, 5) is 28.2. The van der Waals surface area contributed by atoms with E-state index < -0.39 is 6.04 Å². The lowest BCUT2D eigenvalue weighted by atomic mass is 9.98. The van der Waals surface area contributed by atoms with Crippen LogP contribution in [0.3, 0.4) is 0 Å². The molecule has 5 nitrogen and oxygen atoms in total. The molecule has 2 heterocycles. The van der Waals surface area contributed by atoms with E-state index >= 15 is 0 Å². The minimum absolute atomic E-state index is 0.134. The molecule has 0 radical (unpaired) electrons. The molecule has 1 aliphatic rings. The third kappa shape index (κ3) is 4.09. The van der Waals surface area contributed by atoms with Crippen molar-refractivity contribution in [3.63, 3.8) is 0 Å². The van der Waals surface area contributed by atoms with Crippen molar-refractivity contribution in [1.82, 2.24) is 4.90 Å². The molecule has 0 aliphatic carbocycles. The first-order valence-electron chi connectivity index (χ1n) is 11.2. The van der Waals surface area contributed by atoms with Crippen LogP contribution in [0.15, 0.2) is 57.7 Å². The van der Waals surface area contributed by atoms with Crippen molar-refractivity contribution in [2.45, 2.75) is 52.0 Å². The normalized spacial score (nSPS) is 15.5. The van der Waals surface area contributed by atoms with Gasteiger partial charge in [-0.3, -0.25) is 9.59 Å². The Bertz CT molecular complexity index is 1120. The van der Waals surface area contributed by atoms with Gasteiger partial charge in [0.25, 0.3) is 5.91 Å². The zero-order valence-electron chi connectivity index (χ0n) is 18.2. The minimum Gasteiger partial charge on any atom is -0.494 e. The highest BCUT2D eigenvalue weighted by atomic mass is 16.5. The molecule has 1 aromatic heterocycles. The van der Waals surface area contributed by atoms with Gasteiger partial charge in [0.15, 0.2) is 5.43 Å².